The molecule has 3 N–H and O–H groups in total. The van der Waals surface area contributed by atoms with Crippen molar-refractivity contribution in [3.05, 3.63) is 30.3 Å². The molecule has 0 aliphatic carbocycles. The summed E-state index contributed by atoms with van der Waals surface area (Å²) < 4.78 is 0. The highest BCUT2D eigenvalue weighted by Crippen LogP contribution is 2.28. The molecule has 0 bridgehead atoms. The van der Waals surface area contributed by atoms with E-state index in [1.165, 1.54) is 0 Å². The fourth-order valence-corrected chi connectivity index (χ4v) is 3.38. The molecule has 1 aliphatic heterocycles. The minimum absolute atomic E-state index is 0.0136. The van der Waals surface area contributed by atoms with Crippen molar-refractivity contribution >= 4 is 17.5 Å². The first-order valence-corrected chi connectivity index (χ1v) is 7.63. The van der Waals surface area contributed by atoms with Crippen LogP contribution in [-0.2, 0) is 9.59 Å². The fourth-order valence-electron chi connectivity index (χ4n) is 3.38. The molecular weight excluding hydrogens is 278 g/mol. The topological polar surface area (TPSA) is 70.2 Å². The van der Waals surface area contributed by atoms with Crippen molar-refractivity contribution in [1.82, 2.24) is 10.6 Å². The van der Waals surface area contributed by atoms with Gasteiger partial charge in [0, 0.05) is 22.8 Å². The van der Waals surface area contributed by atoms with E-state index in [4.69, 9.17) is 0 Å². The lowest BCUT2D eigenvalue weighted by Gasteiger charge is -2.46. The van der Waals surface area contributed by atoms with Gasteiger partial charge in [-0.05, 0) is 52.7 Å². The maximum Gasteiger partial charge on any atom is 0.313 e. The van der Waals surface area contributed by atoms with E-state index in [1.54, 1.807) is 12.1 Å². The maximum atomic E-state index is 12.1. The molecule has 0 saturated carbocycles. The summed E-state index contributed by atoms with van der Waals surface area (Å²) in [6.45, 7) is 8.43. The van der Waals surface area contributed by atoms with E-state index in [9.17, 15) is 9.59 Å². The Kier molecular flexibility index (Phi) is 4.56. The summed E-state index contributed by atoms with van der Waals surface area (Å²) >= 11 is 0. The molecule has 2 rings (SSSR count). The number of anilines is 1. The van der Waals surface area contributed by atoms with Gasteiger partial charge in [0.2, 0.25) is 0 Å². The highest BCUT2D eigenvalue weighted by Gasteiger charge is 2.38. The predicted molar refractivity (Wildman–Crippen MR) is 87.5 cm³/mol. The summed E-state index contributed by atoms with van der Waals surface area (Å²) in [4.78, 5) is 24.1. The van der Waals surface area contributed by atoms with Crippen LogP contribution in [0.2, 0.25) is 0 Å². The summed E-state index contributed by atoms with van der Waals surface area (Å²) in [6.07, 6.45) is 1.58. The first kappa shape index (κ1) is 16.5. The van der Waals surface area contributed by atoms with Gasteiger partial charge >= 0.3 is 11.8 Å². The van der Waals surface area contributed by atoms with Gasteiger partial charge in [-0.1, -0.05) is 18.2 Å². The van der Waals surface area contributed by atoms with Crippen LogP contribution in [0.4, 0.5) is 5.69 Å². The van der Waals surface area contributed by atoms with Crippen molar-refractivity contribution in [2.45, 2.75) is 57.7 Å². The third kappa shape index (κ3) is 4.56. The van der Waals surface area contributed by atoms with Crippen LogP contribution < -0.4 is 16.0 Å². The number of rotatable bonds is 2. The van der Waals surface area contributed by atoms with Gasteiger partial charge in [-0.3, -0.25) is 9.59 Å². The lowest BCUT2D eigenvalue weighted by Crippen LogP contribution is -2.62. The third-order valence-electron chi connectivity index (χ3n) is 3.76. The molecule has 22 heavy (non-hydrogen) atoms. The SMILES string of the molecule is CC1(C)CC(NC(=O)C(=O)Nc2ccccc2)CC(C)(C)N1. The third-order valence-corrected chi connectivity index (χ3v) is 3.76. The molecule has 0 aromatic heterocycles. The van der Waals surface area contributed by atoms with Crippen LogP contribution in [0.15, 0.2) is 30.3 Å². The molecule has 1 aromatic carbocycles. The van der Waals surface area contributed by atoms with E-state index < -0.39 is 11.8 Å². The number of benzene rings is 1. The van der Waals surface area contributed by atoms with Crippen LogP contribution in [0.1, 0.15) is 40.5 Å². The quantitative estimate of drug-likeness (QED) is 0.732. The van der Waals surface area contributed by atoms with E-state index >= 15 is 0 Å². The summed E-state index contributed by atoms with van der Waals surface area (Å²) in [5.74, 6) is -1.21. The lowest BCUT2D eigenvalue weighted by molar-refractivity contribution is -0.137. The standard InChI is InChI=1S/C17H25N3O2/c1-16(2)10-13(11-17(3,4)20-16)19-15(22)14(21)18-12-8-6-5-7-9-12/h5-9,13,20H,10-11H2,1-4H3,(H,18,21)(H,19,22). The van der Waals surface area contributed by atoms with Crippen molar-refractivity contribution in [1.29, 1.82) is 0 Å². The molecule has 1 heterocycles. The molecule has 1 aromatic rings. The van der Waals surface area contributed by atoms with Crippen LogP contribution in [0.25, 0.3) is 0 Å². The van der Waals surface area contributed by atoms with E-state index in [2.05, 4.69) is 43.6 Å². The molecule has 5 heteroatoms. The largest absolute Gasteiger partial charge is 0.345 e. The molecule has 0 radical (unpaired) electrons. The van der Waals surface area contributed by atoms with Crippen LogP contribution in [0.5, 0.6) is 0 Å². The van der Waals surface area contributed by atoms with Crippen molar-refractivity contribution in [2.24, 2.45) is 0 Å². The summed E-state index contributed by atoms with van der Waals surface area (Å²) in [7, 11) is 0. The van der Waals surface area contributed by atoms with Crippen LogP contribution in [0.3, 0.4) is 0 Å². The van der Waals surface area contributed by atoms with E-state index in [1.807, 2.05) is 18.2 Å². The first-order chi connectivity index (χ1) is 10.2. The highest BCUT2D eigenvalue weighted by atomic mass is 16.2. The lowest BCUT2D eigenvalue weighted by atomic mass is 9.79. The Bertz CT molecular complexity index is 536. The number of hydrogen-bond donors (Lipinski definition) is 3. The number of carbonyl (C=O) groups is 2. The molecule has 1 aliphatic rings. The molecule has 2 amide bonds. The highest BCUT2D eigenvalue weighted by molar-refractivity contribution is 6.39. The van der Waals surface area contributed by atoms with E-state index in [0.717, 1.165) is 12.8 Å². The van der Waals surface area contributed by atoms with Crippen LogP contribution >= 0.6 is 0 Å². The zero-order valence-corrected chi connectivity index (χ0v) is 13.7. The second-order valence-electron chi connectivity index (χ2n) is 7.29. The Balaban J connectivity index is 1.95. The van der Waals surface area contributed by atoms with Gasteiger partial charge in [-0.25, -0.2) is 0 Å². The Morgan fingerprint density at radius 2 is 1.55 bits per heavy atom. The van der Waals surface area contributed by atoms with Crippen molar-refractivity contribution < 1.29 is 9.59 Å². The smallest absolute Gasteiger partial charge is 0.313 e. The number of hydrogen-bond acceptors (Lipinski definition) is 3. The number of nitrogens with one attached hydrogen (secondary N) is 3. The number of piperidine rings is 1. The zero-order valence-electron chi connectivity index (χ0n) is 13.7. The molecule has 0 atom stereocenters. The van der Waals surface area contributed by atoms with Gasteiger partial charge in [0.25, 0.3) is 0 Å². The van der Waals surface area contributed by atoms with Crippen LogP contribution in [0, 0.1) is 0 Å². The molecule has 120 valence electrons. The Morgan fingerprint density at radius 1 is 1.00 bits per heavy atom. The predicted octanol–water partition coefficient (Wildman–Crippen LogP) is 2.05. The molecule has 0 unspecified atom stereocenters. The zero-order chi connectivity index (χ0) is 16.4. The molecule has 5 nitrogen and oxygen atoms in total. The minimum atomic E-state index is -0.625. The normalized spacial score (nSPS) is 20.2. The van der Waals surface area contributed by atoms with Gasteiger partial charge in [0.05, 0.1) is 0 Å². The second-order valence-corrected chi connectivity index (χ2v) is 7.29. The summed E-state index contributed by atoms with van der Waals surface area (Å²) in [6, 6.07) is 8.97. The minimum Gasteiger partial charge on any atom is -0.345 e. The van der Waals surface area contributed by atoms with Gasteiger partial charge in [0.15, 0.2) is 0 Å². The van der Waals surface area contributed by atoms with Crippen molar-refractivity contribution in [2.75, 3.05) is 5.32 Å². The molecule has 0 spiro atoms. The average molecular weight is 303 g/mol. The van der Waals surface area contributed by atoms with Gasteiger partial charge < -0.3 is 16.0 Å². The Labute approximate surface area is 131 Å². The van der Waals surface area contributed by atoms with Gasteiger partial charge in [-0.2, -0.15) is 0 Å². The van der Waals surface area contributed by atoms with Crippen LogP contribution in [-0.4, -0.2) is 28.9 Å². The second kappa shape index (κ2) is 6.08. The molecule has 1 saturated heterocycles. The Morgan fingerprint density at radius 3 is 2.09 bits per heavy atom. The van der Waals surface area contributed by atoms with E-state index in [-0.39, 0.29) is 17.1 Å². The Hall–Kier alpha value is -1.88. The van der Waals surface area contributed by atoms with Gasteiger partial charge in [0.1, 0.15) is 0 Å². The maximum absolute atomic E-state index is 12.1. The fraction of sp³-hybridized carbons (Fsp3) is 0.529. The van der Waals surface area contributed by atoms with Gasteiger partial charge in [-0.15, -0.1) is 0 Å². The summed E-state index contributed by atoms with van der Waals surface area (Å²) in [5.41, 5.74) is 0.471. The monoisotopic (exact) mass is 303 g/mol. The summed E-state index contributed by atoms with van der Waals surface area (Å²) in [5, 5.41) is 9.02. The number of amides is 2. The molecular formula is C17H25N3O2. The van der Waals surface area contributed by atoms with E-state index in [0.29, 0.717) is 5.69 Å². The number of para-hydroxylation sites is 1. The first-order valence-electron chi connectivity index (χ1n) is 7.63. The van der Waals surface area contributed by atoms with Crippen molar-refractivity contribution in [3.63, 3.8) is 0 Å². The van der Waals surface area contributed by atoms with Crippen molar-refractivity contribution in [3.8, 4) is 0 Å². The molecule has 1 fully saturated rings. The number of carbonyl (C=O) groups excluding carboxylic acids is 2. The average Bonchev–Trinajstić information content (AvgIpc) is 2.35.